The summed E-state index contributed by atoms with van der Waals surface area (Å²) in [5, 5.41) is 0. The molecule has 0 aliphatic heterocycles. The molecule has 2 N–H and O–H groups in total. The summed E-state index contributed by atoms with van der Waals surface area (Å²) >= 11 is 0. The van der Waals surface area contributed by atoms with Crippen LogP contribution in [0.25, 0.3) is 0 Å². The van der Waals surface area contributed by atoms with E-state index in [0.717, 1.165) is 5.56 Å². The predicted molar refractivity (Wildman–Crippen MR) is 59.1 cm³/mol. The molecule has 3 nitrogen and oxygen atoms in total. The second-order valence-electron chi connectivity index (χ2n) is 4.37. The Morgan fingerprint density at radius 1 is 1.22 bits per heavy atom. The van der Waals surface area contributed by atoms with Crippen LogP contribution in [-0.2, 0) is 11.3 Å². The number of alkyl halides is 3. The zero-order valence-electron chi connectivity index (χ0n) is 9.55. The highest BCUT2D eigenvalue weighted by molar-refractivity contribution is 5.85. The molecule has 0 unspecified atom stereocenters. The van der Waals surface area contributed by atoms with Crippen LogP contribution in [0, 0.1) is 5.41 Å². The number of hydrogen-bond acceptors (Lipinski definition) is 2. The third-order valence-electron chi connectivity index (χ3n) is 3.06. The van der Waals surface area contributed by atoms with Crippen LogP contribution < -0.4 is 10.9 Å². The van der Waals surface area contributed by atoms with Crippen LogP contribution in [0.15, 0.2) is 30.3 Å². The lowest BCUT2D eigenvalue weighted by atomic mass is 10.1. The first-order valence-corrected chi connectivity index (χ1v) is 5.60. The maximum atomic E-state index is 12.6. The molecule has 0 aromatic heterocycles. The van der Waals surface area contributed by atoms with Gasteiger partial charge < -0.3 is 0 Å². The fraction of sp³-hybridized carbons (Fsp3) is 0.417. The minimum absolute atomic E-state index is 0.130. The number of hydrazine groups is 1. The lowest BCUT2D eigenvalue weighted by Crippen LogP contribution is -2.46. The Balaban J connectivity index is 1.83. The fourth-order valence-corrected chi connectivity index (χ4v) is 1.71. The average molecular weight is 258 g/mol. The van der Waals surface area contributed by atoms with Crippen molar-refractivity contribution in [2.75, 3.05) is 0 Å². The van der Waals surface area contributed by atoms with Crippen molar-refractivity contribution in [1.29, 1.82) is 0 Å². The van der Waals surface area contributed by atoms with Gasteiger partial charge in [-0.05, 0) is 18.4 Å². The average Bonchev–Trinajstić information content (AvgIpc) is 3.10. The van der Waals surface area contributed by atoms with Crippen molar-refractivity contribution in [2.45, 2.75) is 25.6 Å². The van der Waals surface area contributed by atoms with Gasteiger partial charge in [0, 0.05) is 6.54 Å². The third kappa shape index (κ3) is 2.48. The first kappa shape index (κ1) is 12.9. The topological polar surface area (TPSA) is 41.1 Å². The van der Waals surface area contributed by atoms with Crippen LogP contribution in [0.2, 0.25) is 0 Å². The van der Waals surface area contributed by atoms with E-state index in [1.54, 1.807) is 0 Å². The molecule has 2 rings (SSSR count). The summed E-state index contributed by atoms with van der Waals surface area (Å²) in [6, 6.07) is 9.10. The normalized spacial score (nSPS) is 17.3. The highest BCUT2D eigenvalue weighted by Crippen LogP contribution is 2.57. The molecule has 0 heterocycles. The van der Waals surface area contributed by atoms with E-state index in [9.17, 15) is 18.0 Å². The summed E-state index contributed by atoms with van der Waals surface area (Å²) < 4.78 is 37.8. The molecule has 0 spiro atoms. The molecule has 1 aromatic rings. The van der Waals surface area contributed by atoms with Crippen LogP contribution in [0.3, 0.4) is 0 Å². The van der Waals surface area contributed by atoms with E-state index >= 15 is 0 Å². The quantitative estimate of drug-likeness (QED) is 0.812. The van der Waals surface area contributed by atoms with Gasteiger partial charge in [-0.3, -0.25) is 10.2 Å². The molecular weight excluding hydrogens is 245 g/mol. The Bertz CT molecular complexity index is 427. The van der Waals surface area contributed by atoms with Crippen molar-refractivity contribution < 1.29 is 18.0 Å². The van der Waals surface area contributed by atoms with E-state index in [2.05, 4.69) is 10.9 Å². The smallest absolute Gasteiger partial charge is 0.290 e. The summed E-state index contributed by atoms with van der Waals surface area (Å²) in [5.74, 6) is -0.995. The molecule has 1 aromatic carbocycles. The zero-order chi connectivity index (χ0) is 13.2. The van der Waals surface area contributed by atoms with Crippen molar-refractivity contribution in [3.63, 3.8) is 0 Å². The highest BCUT2D eigenvalue weighted by Gasteiger charge is 2.68. The van der Waals surface area contributed by atoms with E-state index in [4.69, 9.17) is 0 Å². The minimum Gasteiger partial charge on any atom is -0.290 e. The Morgan fingerprint density at radius 3 is 2.33 bits per heavy atom. The Morgan fingerprint density at radius 2 is 1.83 bits per heavy atom. The van der Waals surface area contributed by atoms with E-state index < -0.39 is 17.5 Å². The molecule has 18 heavy (non-hydrogen) atoms. The zero-order valence-corrected chi connectivity index (χ0v) is 9.55. The van der Waals surface area contributed by atoms with Crippen LogP contribution in [-0.4, -0.2) is 12.1 Å². The van der Waals surface area contributed by atoms with Crippen LogP contribution in [0.4, 0.5) is 13.2 Å². The van der Waals surface area contributed by atoms with Crippen molar-refractivity contribution in [3.05, 3.63) is 35.9 Å². The van der Waals surface area contributed by atoms with Crippen molar-refractivity contribution in [1.82, 2.24) is 10.9 Å². The molecule has 0 bridgehead atoms. The van der Waals surface area contributed by atoms with Gasteiger partial charge in [-0.2, -0.15) is 13.2 Å². The van der Waals surface area contributed by atoms with Gasteiger partial charge >= 0.3 is 6.18 Å². The van der Waals surface area contributed by atoms with Crippen molar-refractivity contribution in [2.24, 2.45) is 5.41 Å². The van der Waals surface area contributed by atoms with Gasteiger partial charge in [0.05, 0.1) is 0 Å². The summed E-state index contributed by atoms with van der Waals surface area (Å²) in [6.45, 7) is 0.292. The van der Waals surface area contributed by atoms with Crippen LogP contribution in [0.5, 0.6) is 0 Å². The highest BCUT2D eigenvalue weighted by atomic mass is 19.4. The summed E-state index contributed by atoms with van der Waals surface area (Å²) in [4.78, 5) is 11.5. The van der Waals surface area contributed by atoms with E-state index in [1.807, 2.05) is 30.3 Å². The van der Waals surface area contributed by atoms with Crippen molar-refractivity contribution in [3.8, 4) is 0 Å². The summed E-state index contributed by atoms with van der Waals surface area (Å²) in [5.41, 5.74) is 3.37. The predicted octanol–water partition coefficient (Wildman–Crippen LogP) is 2.15. The largest absolute Gasteiger partial charge is 0.403 e. The van der Waals surface area contributed by atoms with Gasteiger partial charge in [0.1, 0.15) is 5.41 Å². The number of carbonyl (C=O) groups is 1. The lowest BCUT2D eigenvalue weighted by molar-refractivity contribution is -0.192. The maximum absolute atomic E-state index is 12.6. The molecule has 1 fully saturated rings. The van der Waals surface area contributed by atoms with Gasteiger partial charge in [0.25, 0.3) is 0 Å². The molecule has 0 atom stereocenters. The molecule has 0 saturated heterocycles. The molecule has 98 valence electrons. The van der Waals surface area contributed by atoms with E-state index in [-0.39, 0.29) is 12.8 Å². The third-order valence-corrected chi connectivity index (χ3v) is 3.06. The first-order chi connectivity index (χ1) is 8.46. The maximum Gasteiger partial charge on any atom is 0.403 e. The number of benzene rings is 1. The second-order valence-corrected chi connectivity index (χ2v) is 4.37. The van der Waals surface area contributed by atoms with Gasteiger partial charge in [-0.1, -0.05) is 30.3 Å². The molecular formula is C12H13F3N2O. The minimum atomic E-state index is -4.47. The Kier molecular flexibility index (Phi) is 3.30. The second kappa shape index (κ2) is 4.61. The monoisotopic (exact) mass is 258 g/mol. The fourth-order valence-electron chi connectivity index (χ4n) is 1.71. The first-order valence-electron chi connectivity index (χ1n) is 5.60. The molecule has 1 saturated carbocycles. The summed E-state index contributed by atoms with van der Waals surface area (Å²) in [7, 11) is 0. The van der Waals surface area contributed by atoms with Gasteiger partial charge in [-0.25, -0.2) is 5.43 Å². The standard InChI is InChI=1S/C12H13F3N2O/c13-12(14,15)11(6-7-11)10(18)17-16-8-9-4-2-1-3-5-9/h1-5,16H,6-8H2,(H,17,18). The molecule has 6 heteroatoms. The number of nitrogens with one attached hydrogen (secondary N) is 2. The molecule has 1 amide bonds. The van der Waals surface area contributed by atoms with Gasteiger partial charge in [0.2, 0.25) is 5.91 Å². The van der Waals surface area contributed by atoms with Crippen LogP contribution >= 0.6 is 0 Å². The molecule has 1 aliphatic carbocycles. The van der Waals surface area contributed by atoms with E-state index in [1.165, 1.54) is 0 Å². The number of amides is 1. The number of halogens is 3. The number of hydrogen-bond donors (Lipinski definition) is 2. The number of carbonyl (C=O) groups excluding carboxylic acids is 1. The van der Waals surface area contributed by atoms with Crippen molar-refractivity contribution >= 4 is 5.91 Å². The lowest BCUT2D eigenvalue weighted by Gasteiger charge is -2.18. The number of rotatable bonds is 4. The van der Waals surface area contributed by atoms with Gasteiger partial charge in [0.15, 0.2) is 0 Å². The Hall–Kier alpha value is -1.56. The Labute approximate surface area is 102 Å². The molecule has 1 aliphatic rings. The SMILES string of the molecule is O=C(NNCc1ccccc1)C1(C(F)(F)F)CC1. The molecule has 0 radical (unpaired) electrons. The summed E-state index contributed by atoms with van der Waals surface area (Å²) in [6.07, 6.45) is -4.73. The van der Waals surface area contributed by atoms with Crippen LogP contribution in [0.1, 0.15) is 18.4 Å². The van der Waals surface area contributed by atoms with Gasteiger partial charge in [-0.15, -0.1) is 0 Å². The van der Waals surface area contributed by atoms with E-state index in [0.29, 0.717) is 6.54 Å².